The highest BCUT2D eigenvalue weighted by molar-refractivity contribution is 9.10. The van der Waals surface area contributed by atoms with E-state index < -0.39 is 5.97 Å². The van der Waals surface area contributed by atoms with Gasteiger partial charge in [0.2, 0.25) is 0 Å². The molecule has 0 aliphatic carbocycles. The van der Waals surface area contributed by atoms with Gasteiger partial charge in [0, 0.05) is 9.86 Å². The number of benzene rings is 3. The Morgan fingerprint density at radius 1 is 0.913 bits per heavy atom. The van der Waals surface area contributed by atoms with Gasteiger partial charge in [-0.15, -0.1) is 0 Å². The molecule has 3 rings (SSSR count). The van der Waals surface area contributed by atoms with Crippen molar-refractivity contribution in [1.29, 1.82) is 0 Å². The van der Waals surface area contributed by atoms with Gasteiger partial charge in [0.15, 0.2) is 6.61 Å². The summed E-state index contributed by atoms with van der Waals surface area (Å²) in [4.78, 5) is 12.1. The highest BCUT2D eigenvalue weighted by atomic mass is 79.9. The second kappa shape index (κ2) is 6.84. The highest BCUT2D eigenvalue weighted by Crippen LogP contribution is 2.31. The number of esters is 1. The van der Waals surface area contributed by atoms with Crippen LogP contribution in [0.25, 0.3) is 10.8 Å². The van der Waals surface area contributed by atoms with E-state index in [1.807, 2.05) is 61.5 Å². The van der Waals surface area contributed by atoms with Crippen LogP contribution in [0.5, 0.6) is 11.5 Å². The number of carbonyl (C=O) groups excluding carboxylic acids is 1. The minimum atomic E-state index is -0.430. The Morgan fingerprint density at radius 3 is 2.39 bits per heavy atom. The number of rotatable bonds is 4. The minimum absolute atomic E-state index is 0.130. The van der Waals surface area contributed by atoms with E-state index in [9.17, 15) is 4.79 Å². The fraction of sp³-hybridized carbons (Fsp3) is 0.105. The summed E-state index contributed by atoms with van der Waals surface area (Å²) in [5, 5.41) is 1.88. The van der Waals surface area contributed by atoms with Gasteiger partial charge in [-0.2, -0.15) is 0 Å². The zero-order chi connectivity index (χ0) is 16.2. The van der Waals surface area contributed by atoms with Crippen LogP contribution >= 0.6 is 15.9 Å². The van der Waals surface area contributed by atoms with Crippen molar-refractivity contribution in [3.05, 3.63) is 70.7 Å². The first-order valence-electron chi connectivity index (χ1n) is 7.21. The predicted octanol–water partition coefficient (Wildman–Crippen LogP) is 4.90. The lowest BCUT2D eigenvalue weighted by molar-refractivity contribution is -0.136. The number of halogens is 1. The van der Waals surface area contributed by atoms with Crippen LogP contribution in [0.3, 0.4) is 0 Å². The molecule has 0 saturated carbocycles. The molecule has 0 radical (unpaired) electrons. The average Bonchev–Trinajstić information content (AvgIpc) is 2.57. The molecule has 0 spiro atoms. The van der Waals surface area contributed by atoms with Crippen molar-refractivity contribution in [1.82, 2.24) is 0 Å². The van der Waals surface area contributed by atoms with Gasteiger partial charge in [-0.1, -0.05) is 58.4 Å². The van der Waals surface area contributed by atoms with Crippen molar-refractivity contribution in [3.63, 3.8) is 0 Å². The molecule has 0 bridgehead atoms. The summed E-state index contributed by atoms with van der Waals surface area (Å²) in [7, 11) is 0. The molecule has 0 unspecified atom stereocenters. The van der Waals surface area contributed by atoms with Crippen LogP contribution in [-0.2, 0) is 4.79 Å². The van der Waals surface area contributed by atoms with Gasteiger partial charge >= 0.3 is 5.97 Å². The van der Waals surface area contributed by atoms with Gasteiger partial charge in [0.05, 0.1) is 0 Å². The number of fused-ring (bicyclic) bond motifs is 1. The molecule has 0 N–H and O–H groups in total. The molecule has 3 aromatic carbocycles. The Bertz CT molecular complexity index is 858. The van der Waals surface area contributed by atoms with E-state index in [0.29, 0.717) is 11.5 Å². The summed E-state index contributed by atoms with van der Waals surface area (Å²) in [6.07, 6.45) is 0. The van der Waals surface area contributed by atoms with Gasteiger partial charge in [0.1, 0.15) is 11.5 Å². The highest BCUT2D eigenvalue weighted by Gasteiger charge is 2.11. The van der Waals surface area contributed by atoms with E-state index in [0.717, 1.165) is 20.8 Å². The third kappa shape index (κ3) is 3.54. The van der Waals surface area contributed by atoms with Crippen LogP contribution in [-0.4, -0.2) is 12.6 Å². The van der Waals surface area contributed by atoms with Crippen LogP contribution in [0.15, 0.2) is 65.1 Å². The fourth-order valence-corrected chi connectivity index (χ4v) is 2.81. The maximum absolute atomic E-state index is 12.1. The molecule has 0 fully saturated rings. The standard InChI is InChI=1S/C19H15BrO3/c1-13-6-2-5-9-17(13)22-12-19(21)23-18-11-10-16(20)14-7-3-4-8-15(14)18/h2-11H,12H2,1H3. The molecule has 3 nitrogen and oxygen atoms in total. The summed E-state index contributed by atoms with van der Waals surface area (Å²) in [6.45, 7) is 1.80. The molecule has 0 aliphatic rings. The minimum Gasteiger partial charge on any atom is -0.482 e. The van der Waals surface area contributed by atoms with E-state index in [2.05, 4.69) is 15.9 Å². The van der Waals surface area contributed by atoms with Gasteiger partial charge in [-0.25, -0.2) is 4.79 Å². The van der Waals surface area contributed by atoms with E-state index >= 15 is 0 Å². The van der Waals surface area contributed by atoms with Crippen molar-refractivity contribution in [2.24, 2.45) is 0 Å². The number of hydrogen-bond acceptors (Lipinski definition) is 3. The van der Waals surface area contributed by atoms with Gasteiger partial charge in [0.25, 0.3) is 0 Å². The van der Waals surface area contributed by atoms with Crippen molar-refractivity contribution >= 4 is 32.7 Å². The van der Waals surface area contributed by atoms with Crippen LogP contribution < -0.4 is 9.47 Å². The summed E-state index contributed by atoms with van der Waals surface area (Å²) in [6, 6.07) is 19.0. The van der Waals surface area contributed by atoms with Gasteiger partial charge in [-0.05, 0) is 36.1 Å². The number of hydrogen-bond donors (Lipinski definition) is 0. The van der Waals surface area contributed by atoms with E-state index in [1.54, 1.807) is 6.07 Å². The topological polar surface area (TPSA) is 35.5 Å². The molecular weight excluding hydrogens is 356 g/mol. The molecule has 116 valence electrons. The number of carbonyl (C=O) groups is 1. The monoisotopic (exact) mass is 370 g/mol. The van der Waals surface area contributed by atoms with Crippen LogP contribution in [0.1, 0.15) is 5.56 Å². The molecule has 4 heteroatoms. The number of aryl methyl sites for hydroxylation is 1. The van der Waals surface area contributed by atoms with Crippen molar-refractivity contribution in [2.75, 3.05) is 6.61 Å². The van der Waals surface area contributed by atoms with E-state index in [-0.39, 0.29) is 6.61 Å². The largest absolute Gasteiger partial charge is 0.482 e. The molecule has 0 atom stereocenters. The van der Waals surface area contributed by atoms with Crippen LogP contribution in [0.4, 0.5) is 0 Å². The Balaban J connectivity index is 1.74. The lowest BCUT2D eigenvalue weighted by Crippen LogP contribution is -2.18. The number of ether oxygens (including phenoxy) is 2. The van der Waals surface area contributed by atoms with Crippen LogP contribution in [0, 0.1) is 6.92 Å². The van der Waals surface area contributed by atoms with E-state index in [4.69, 9.17) is 9.47 Å². The number of para-hydroxylation sites is 1. The fourth-order valence-electron chi connectivity index (χ4n) is 2.33. The van der Waals surface area contributed by atoms with Gasteiger partial charge in [-0.3, -0.25) is 0 Å². The third-order valence-corrected chi connectivity index (χ3v) is 4.19. The van der Waals surface area contributed by atoms with Gasteiger partial charge < -0.3 is 9.47 Å². The van der Waals surface area contributed by atoms with Crippen molar-refractivity contribution < 1.29 is 14.3 Å². The van der Waals surface area contributed by atoms with Crippen molar-refractivity contribution in [3.8, 4) is 11.5 Å². The Kier molecular flexibility index (Phi) is 4.63. The summed E-state index contributed by atoms with van der Waals surface area (Å²) in [5.41, 5.74) is 0.981. The Labute approximate surface area is 143 Å². The third-order valence-electron chi connectivity index (χ3n) is 3.49. The molecule has 0 saturated heterocycles. The molecule has 23 heavy (non-hydrogen) atoms. The Morgan fingerprint density at radius 2 is 1.61 bits per heavy atom. The van der Waals surface area contributed by atoms with Crippen molar-refractivity contribution in [2.45, 2.75) is 6.92 Å². The molecule has 0 heterocycles. The maximum atomic E-state index is 12.1. The van der Waals surface area contributed by atoms with E-state index in [1.165, 1.54) is 0 Å². The zero-order valence-electron chi connectivity index (χ0n) is 12.6. The first-order chi connectivity index (χ1) is 11.1. The first kappa shape index (κ1) is 15.6. The second-order valence-corrected chi connectivity index (χ2v) is 5.97. The lowest BCUT2D eigenvalue weighted by atomic mass is 10.1. The predicted molar refractivity (Wildman–Crippen MR) is 94.0 cm³/mol. The SMILES string of the molecule is Cc1ccccc1OCC(=O)Oc1ccc(Br)c2ccccc12. The quantitative estimate of drug-likeness (QED) is 0.484. The summed E-state index contributed by atoms with van der Waals surface area (Å²) >= 11 is 3.50. The maximum Gasteiger partial charge on any atom is 0.349 e. The second-order valence-electron chi connectivity index (χ2n) is 5.12. The van der Waals surface area contributed by atoms with Crippen LogP contribution in [0.2, 0.25) is 0 Å². The Hall–Kier alpha value is -2.33. The molecule has 0 aliphatic heterocycles. The molecule has 0 aromatic heterocycles. The first-order valence-corrected chi connectivity index (χ1v) is 8.01. The molecule has 3 aromatic rings. The summed E-state index contributed by atoms with van der Waals surface area (Å²) < 4.78 is 11.9. The smallest absolute Gasteiger partial charge is 0.349 e. The lowest BCUT2D eigenvalue weighted by Gasteiger charge is -2.11. The molecule has 0 amide bonds. The molecular formula is C19H15BrO3. The zero-order valence-corrected chi connectivity index (χ0v) is 14.2. The average molecular weight is 371 g/mol. The summed E-state index contributed by atoms with van der Waals surface area (Å²) in [5.74, 6) is 0.785. The normalized spacial score (nSPS) is 10.5.